The highest BCUT2D eigenvalue weighted by molar-refractivity contribution is 5.98. The monoisotopic (exact) mass is 385 g/mol. The molecule has 3 heterocycles. The van der Waals surface area contributed by atoms with Crippen molar-refractivity contribution in [3.8, 4) is 0 Å². The molecular formula is C19H27N7O2. The maximum absolute atomic E-state index is 12.9. The van der Waals surface area contributed by atoms with Gasteiger partial charge in [-0.05, 0) is 39.7 Å². The Morgan fingerprint density at radius 2 is 2.04 bits per heavy atom. The van der Waals surface area contributed by atoms with E-state index in [1.807, 2.05) is 25.5 Å². The lowest BCUT2D eigenvalue weighted by Gasteiger charge is -2.27. The number of aryl methyl sites for hydroxylation is 2. The summed E-state index contributed by atoms with van der Waals surface area (Å²) in [5.74, 6) is -0.241. The van der Waals surface area contributed by atoms with Crippen LogP contribution in [0.4, 0.5) is 4.79 Å². The van der Waals surface area contributed by atoms with Crippen molar-refractivity contribution in [1.82, 2.24) is 35.7 Å². The van der Waals surface area contributed by atoms with Crippen LogP contribution < -0.4 is 16.0 Å². The van der Waals surface area contributed by atoms with Crippen LogP contribution >= 0.6 is 0 Å². The van der Waals surface area contributed by atoms with Gasteiger partial charge >= 0.3 is 6.03 Å². The number of aromatic nitrogens is 4. The van der Waals surface area contributed by atoms with Gasteiger partial charge in [0.2, 0.25) is 0 Å². The first-order valence-corrected chi connectivity index (χ1v) is 9.42. The second-order valence-electron chi connectivity index (χ2n) is 6.96. The topological polar surface area (TPSA) is 117 Å². The first kappa shape index (κ1) is 19.7. The second kappa shape index (κ2) is 7.87. The molecule has 2 aromatic heterocycles. The molecule has 0 radical (unpaired) electrons. The summed E-state index contributed by atoms with van der Waals surface area (Å²) in [7, 11) is 0. The molecule has 9 heteroatoms. The predicted molar refractivity (Wildman–Crippen MR) is 105 cm³/mol. The molecule has 0 unspecified atom stereocenters. The highest BCUT2D eigenvalue weighted by atomic mass is 16.2. The third-order valence-electron chi connectivity index (χ3n) is 5.15. The van der Waals surface area contributed by atoms with Gasteiger partial charge in [-0.3, -0.25) is 9.48 Å². The van der Waals surface area contributed by atoms with Crippen molar-refractivity contribution in [2.45, 2.75) is 53.6 Å². The Balaban J connectivity index is 1.74. The lowest BCUT2D eigenvalue weighted by atomic mass is 9.98. The van der Waals surface area contributed by atoms with E-state index in [0.717, 1.165) is 23.5 Å². The number of urea groups is 1. The number of aromatic amines is 1. The summed E-state index contributed by atoms with van der Waals surface area (Å²) in [6.07, 6.45) is 2.49. The number of amides is 3. The van der Waals surface area contributed by atoms with E-state index in [1.165, 1.54) is 5.56 Å². The van der Waals surface area contributed by atoms with Gasteiger partial charge in [0, 0.05) is 23.6 Å². The molecule has 0 saturated carbocycles. The molecule has 1 aliphatic heterocycles. The van der Waals surface area contributed by atoms with E-state index in [-0.39, 0.29) is 11.9 Å². The first-order chi connectivity index (χ1) is 13.3. The van der Waals surface area contributed by atoms with Gasteiger partial charge in [0.25, 0.3) is 5.91 Å². The van der Waals surface area contributed by atoms with Crippen LogP contribution in [-0.4, -0.2) is 38.2 Å². The van der Waals surface area contributed by atoms with Crippen molar-refractivity contribution in [2.75, 3.05) is 6.54 Å². The molecule has 2 aromatic rings. The van der Waals surface area contributed by atoms with Crippen LogP contribution in [0.15, 0.2) is 17.6 Å². The van der Waals surface area contributed by atoms with Crippen LogP contribution in [0.2, 0.25) is 0 Å². The number of nitrogens with zero attached hydrogens (tertiary/aromatic N) is 3. The molecule has 0 aromatic carbocycles. The Kier molecular flexibility index (Phi) is 5.53. The van der Waals surface area contributed by atoms with E-state index >= 15 is 0 Å². The number of carbonyl (C=O) groups excluding carboxylic acids is 2. The zero-order valence-electron chi connectivity index (χ0n) is 16.9. The summed E-state index contributed by atoms with van der Waals surface area (Å²) in [6, 6.07) is -0.948. The molecule has 28 heavy (non-hydrogen) atoms. The van der Waals surface area contributed by atoms with E-state index in [4.69, 9.17) is 0 Å². The fourth-order valence-electron chi connectivity index (χ4n) is 3.69. The Morgan fingerprint density at radius 1 is 1.29 bits per heavy atom. The van der Waals surface area contributed by atoms with Gasteiger partial charge in [0.1, 0.15) is 6.04 Å². The normalized spacial score (nSPS) is 16.8. The smallest absolute Gasteiger partial charge is 0.319 e. The van der Waals surface area contributed by atoms with Crippen LogP contribution in [0.5, 0.6) is 0 Å². The van der Waals surface area contributed by atoms with E-state index in [1.54, 1.807) is 13.3 Å². The number of hydrogen-bond acceptors (Lipinski definition) is 4. The van der Waals surface area contributed by atoms with Crippen molar-refractivity contribution in [2.24, 2.45) is 0 Å². The van der Waals surface area contributed by atoms with Crippen molar-refractivity contribution >= 4 is 11.9 Å². The van der Waals surface area contributed by atoms with Crippen molar-refractivity contribution in [1.29, 1.82) is 0 Å². The van der Waals surface area contributed by atoms with Crippen LogP contribution in [0.25, 0.3) is 0 Å². The van der Waals surface area contributed by atoms with Gasteiger partial charge in [-0.25, -0.2) is 9.78 Å². The molecule has 0 bridgehead atoms. The number of imidazole rings is 1. The van der Waals surface area contributed by atoms with Crippen molar-refractivity contribution in [3.05, 3.63) is 45.9 Å². The number of carbonyl (C=O) groups is 2. The summed E-state index contributed by atoms with van der Waals surface area (Å²) < 4.78 is 1.92. The number of rotatable bonds is 6. The summed E-state index contributed by atoms with van der Waals surface area (Å²) in [4.78, 5) is 32.1. The minimum Gasteiger partial charge on any atom is -0.350 e. The van der Waals surface area contributed by atoms with Crippen LogP contribution in [0.1, 0.15) is 48.2 Å². The second-order valence-corrected chi connectivity index (χ2v) is 6.96. The van der Waals surface area contributed by atoms with Crippen LogP contribution in [0.3, 0.4) is 0 Å². The Morgan fingerprint density at radius 3 is 2.64 bits per heavy atom. The molecule has 150 valence electrons. The maximum atomic E-state index is 12.9. The molecule has 0 saturated heterocycles. The molecule has 1 aliphatic rings. The lowest BCUT2D eigenvalue weighted by Crippen LogP contribution is -2.47. The fourth-order valence-corrected chi connectivity index (χ4v) is 3.69. The third-order valence-corrected chi connectivity index (χ3v) is 5.15. The number of nitrogens with one attached hydrogen (secondary N) is 4. The van der Waals surface area contributed by atoms with Gasteiger partial charge in [0.15, 0.2) is 0 Å². The molecular weight excluding hydrogens is 358 g/mol. The number of hydrogen-bond donors (Lipinski definition) is 4. The molecule has 1 atom stereocenters. The van der Waals surface area contributed by atoms with E-state index in [0.29, 0.717) is 30.1 Å². The Hall–Kier alpha value is -3.10. The lowest BCUT2D eigenvalue weighted by molar-refractivity contribution is -0.118. The SMILES string of the molecule is CCc1c(C)nn(CCNC(=O)C2=C(C)NC(=O)N[C@@H]2c2nc[nH]c2C)c1C. The fraction of sp³-hybridized carbons (Fsp3) is 0.474. The Bertz CT molecular complexity index is 938. The van der Waals surface area contributed by atoms with E-state index < -0.39 is 6.04 Å². The quantitative estimate of drug-likeness (QED) is 0.603. The summed E-state index contributed by atoms with van der Waals surface area (Å²) in [5.41, 5.74) is 5.81. The van der Waals surface area contributed by atoms with Crippen LogP contribution in [-0.2, 0) is 17.8 Å². The number of allylic oxidation sites excluding steroid dienone is 1. The van der Waals surface area contributed by atoms with Gasteiger partial charge in [-0.15, -0.1) is 0 Å². The van der Waals surface area contributed by atoms with E-state index in [2.05, 4.69) is 37.9 Å². The minimum absolute atomic E-state index is 0.241. The van der Waals surface area contributed by atoms with Crippen molar-refractivity contribution < 1.29 is 9.59 Å². The molecule has 3 amide bonds. The molecule has 3 rings (SSSR count). The third kappa shape index (κ3) is 3.64. The summed E-state index contributed by atoms with van der Waals surface area (Å²) in [5, 5.41) is 13.0. The minimum atomic E-state index is -0.597. The standard InChI is InChI=1S/C19H27N7O2/c1-6-14-10(2)25-26(13(14)5)8-7-20-18(27)15-11(3)23-19(28)24-17(15)16-12(4)21-9-22-16/h9,17H,6-8H2,1-5H3,(H,20,27)(H,21,22)(H2,23,24,28)/t17-/m0/s1. The molecule has 0 aliphatic carbocycles. The average Bonchev–Trinajstić information content (AvgIpc) is 3.17. The highest BCUT2D eigenvalue weighted by Crippen LogP contribution is 2.26. The number of H-pyrrole nitrogens is 1. The molecule has 0 fully saturated rings. The maximum Gasteiger partial charge on any atom is 0.319 e. The molecule has 0 spiro atoms. The van der Waals surface area contributed by atoms with Gasteiger partial charge in [0.05, 0.1) is 29.8 Å². The summed E-state index contributed by atoms with van der Waals surface area (Å²) >= 11 is 0. The van der Waals surface area contributed by atoms with Crippen LogP contribution in [0, 0.1) is 20.8 Å². The largest absolute Gasteiger partial charge is 0.350 e. The molecule has 9 nitrogen and oxygen atoms in total. The Labute approximate surface area is 164 Å². The summed E-state index contributed by atoms with van der Waals surface area (Å²) in [6.45, 7) is 10.7. The first-order valence-electron chi connectivity index (χ1n) is 9.42. The zero-order valence-corrected chi connectivity index (χ0v) is 16.9. The average molecular weight is 385 g/mol. The van der Waals surface area contributed by atoms with E-state index in [9.17, 15) is 9.59 Å². The zero-order chi connectivity index (χ0) is 20.4. The van der Waals surface area contributed by atoms with Gasteiger partial charge in [-0.2, -0.15) is 5.10 Å². The molecule has 4 N–H and O–H groups in total. The predicted octanol–water partition coefficient (Wildman–Crippen LogP) is 1.54. The highest BCUT2D eigenvalue weighted by Gasteiger charge is 2.33. The van der Waals surface area contributed by atoms with Gasteiger partial charge < -0.3 is 20.9 Å². The van der Waals surface area contributed by atoms with Gasteiger partial charge in [-0.1, -0.05) is 6.92 Å². The van der Waals surface area contributed by atoms with Crippen molar-refractivity contribution in [3.63, 3.8) is 0 Å².